The van der Waals surface area contributed by atoms with Crippen molar-refractivity contribution < 1.29 is 27.4 Å². The van der Waals surface area contributed by atoms with Crippen LogP contribution in [0.15, 0.2) is 48.5 Å². The van der Waals surface area contributed by atoms with E-state index in [1.54, 1.807) is 0 Å². The molecule has 1 saturated heterocycles. The van der Waals surface area contributed by atoms with Gasteiger partial charge in [0.25, 0.3) is 0 Å². The lowest BCUT2D eigenvalue weighted by atomic mass is 9.85. The topological polar surface area (TPSA) is 38.8 Å². The van der Waals surface area contributed by atoms with Gasteiger partial charge in [0.1, 0.15) is 11.4 Å². The molecule has 0 amide bonds. The summed E-state index contributed by atoms with van der Waals surface area (Å²) in [6.45, 7) is 5.11. The van der Waals surface area contributed by atoms with Crippen LogP contribution < -0.4 is 9.64 Å². The molecular weight excluding hydrogens is 419 g/mol. The summed E-state index contributed by atoms with van der Waals surface area (Å²) in [5.74, 6) is -0.101. The first-order valence-corrected chi connectivity index (χ1v) is 10.8. The van der Waals surface area contributed by atoms with Crippen LogP contribution in [0.1, 0.15) is 43.4 Å². The van der Waals surface area contributed by atoms with Crippen molar-refractivity contribution in [2.75, 3.05) is 25.1 Å². The number of carbonyl (C=O) groups excluding carboxylic acids is 1. The molecule has 2 aromatic carbocycles. The number of methoxy groups -OCH3 is 1. The van der Waals surface area contributed by atoms with E-state index in [9.17, 15) is 18.0 Å². The predicted molar refractivity (Wildman–Crippen MR) is 117 cm³/mol. The molecule has 32 heavy (non-hydrogen) atoms. The SMILES string of the molecule is CCC1(CC)C=C(c2cccc(N3CC(C(=O)OC)C3)c2)c2ccc(C(F)(F)F)cc2O1. The molecule has 2 heterocycles. The van der Waals surface area contributed by atoms with E-state index >= 15 is 0 Å². The maximum atomic E-state index is 13.3. The fourth-order valence-corrected chi connectivity index (χ4v) is 4.31. The number of benzene rings is 2. The second-order valence-electron chi connectivity index (χ2n) is 8.32. The summed E-state index contributed by atoms with van der Waals surface area (Å²) in [4.78, 5) is 13.8. The Morgan fingerprint density at radius 3 is 2.50 bits per heavy atom. The number of rotatable bonds is 5. The number of anilines is 1. The lowest BCUT2D eigenvalue weighted by Crippen LogP contribution is -2.50. The molecule has 0 radical (unpaired) electrons. The first-order valence-electron chi connectivity index (χ1n) is 10.8. The molecule has 2 aromatic rings. The minimum Gasteiger partial charge on any atom is -0.483 e. The average Bonchev–Trinajstić information content (AvgIpc) is 2.76. The monoisotopic (exact) mass is 445 g/mol. The predicted octanol–water partition coefficient (Wildman–Crippen LogP) is 5.70. The molecule has 0 atom stereocenters. The molecule has 4 rings (SSSR count). The lowest BCUT2D eigenvalue weighted by Gasteiger charge is -2.40. The third-order valence-electron chi connectivity index (χ3n) is 6.46. The van der Waals surface area contributed by atoms with E-state index in [0.717, 1.165) is 29.0 Å². The first-order chi connectivity index (χ1) is 15.2. The van der Waals surface area contributed by atoms with Gasteiger partial charge in [0.05, 0.1) is 18.6 Å². The van der Waals surface area contributed by atoms with E-state index in [4.69, 9.17) is 9.47 Å². The van der Waals surface area contributed by atoms with E-state index in [0.29, 0.717) is 31.5 Å². The van der Waals surface area contributed by atoms with Crippen LogP contribution in [0.5, 0.6) is 5.75 Å². The largest absolute Gasteiger partial charge is 0.483 e. The van der Waals surface area contributed by atoms with Crippen molar-refractivity contribution in [2.45, 2.75) is 38.5 Å². The van der Waals surface area contributed by atoms with E-state index in [2.05, 4.69) is 4.90 Å². The van der Waals surface area contributed by atoms with Crippen molar-refractivity contribution in [3.8, 4) is 5.75 Å². The van der Waals surface area contributed by atoms with Crippen LogP contribution in [0, 0.1) is 5.92 Å². The van der Waals surface area contributed by atoms with Crippen LogP contribution in [-0.4, -0.2) is 31.8 Å². The van der Waals surface area contributed by atoms with Gasteiger partial charge in [-0.2, -0.15) is 13.2 Å². The zero-order valence-corrected chi connectivity index (χ0v) is 18.3. The standard InChI is InChI=1S/C25H26F3NO3/c1-4-24(5-2)13-21(20-10-9-18(25(26,27)28)12-22(20)32-24)16-7-6-8-19(11-16)29-14-17(15-29)23(30)31-3/h6-13,17H,4-5,14-15H2,1-3H3. The van der Waals surface area contributed by atoms with Crippen molar-refractivity contribution in [3.05, 3.63) is 65.2 Å². The van der Waals surface area contributed by atoms with Crippen molar-refractivity contribution in [1.29, 1.82) is 0 Å². The number of esters is 1. The maximum absolute atomic E-state index is 13.3. The summed E-state index contributed by atoms with van der Waals surface area (Å²) in [5.41, 5.74) is 1.97. The smallest absolute Gasteiger partial charge is 0.416 e. The van der Waals surface area contributed by atoms with Gasteiger partial charge in [-0.05, 0) is 54.3 Å². The third-order valence-corrected chi connectivity index (χ3v) is 6.46. The second kappa shape index (κ2) is 8.19. The van der Waals surface area contributed by atoms with E-state index in [1.165, 1.54) is 13.2 Å². The van der Waals surface area contributed by atoms with Crippen LogP contribution in [0.4, 0.5) is 18.9 Å². The van der Waals surface area contributed by atoms with E-state index in [1.807, 2.05) is 44.2 Å². The molecule has 0 saturated carbocycles. The molecule has 0 aliphatic carbocycles. The highest BCUT2D eigenvalue weighted by atomic mass is 19.4. The molecule has 7 heteroatoms. The minimum absolute atomic E-state index is 0.139. The summed E-state index contributed by atoms with van der Waals surface area (Å²) in [6.07, 6.45) is -1.13. The number of hydrogen-bond donors (Lipinski definition) is 0. The van der Waals surface area contributed by atoms with Crippen molar-refractivity contribution in [1.82, 2.24) is 0 Å². The van der Waals surface area contributed by atoms with E-state index in [-0.39, 0.29) is 17.6 Å². The van der Waals surface area contributed by atoms with Gasteiger partial charge in [-0.25, -0.2) is 0 Å². The molecule has 0 N–H and O–H groups in total. The number of carbonyl (C=O) groups is 1. The number of hydrogen-bond acceptors (Lipinski definition) is 4. The second-order valence-corrected chi connectivity index (χ2v) is 8.32. The fourth-order valence-electron chi connectivity index (χ4n) is 4.31. The van der Waals surface area contributed by atoms with Gasteiger partial charge in [0.2, 0.25) is 0 Å². The van der Waals surface area contributed by atoms with Gasteiger partial charge in [-0.3, -0.25) is 4.79 Å². The van der Waals surface area contributed by atoms with Crippen molar-refractivity contribution in [3.63, 3.8) is 0 Å². The maximum Gasteiger partial charge on any atom is 0.416 e. The highest BCUT2D eigenvalue weighted by Gasteiger charge is 2.37. The van der Waals surface area contributed by atoms with Crippen molar-refractivity contribution >= 4 is 17.2 Å². The van der Waals surface area contributed by atoms with Gasteiger partial charge in [0.15, 0.2) is 0 Å². The number of nitrogens with zero attached hydrogens (tertiary/aromatic N) is 1. The number of halogens is 3. The quantitative estimate of drug-likeness (QED) is 0.554. The summed E-state index contributed by atoms with van der Waals surface area (Å²) >= 11 is 0. The molecule has 0 unspecified atom stereocenters. The summed E-state index contributed by atoms with van der Waals surface area (Å²) in [6, 6.07) is 11.6. The Morgan fingerprint density at radius 2 is 1.88 bits per heavy atom. The normalized spacial score (nSPS) is 17.7. The molecule has 0 bridgehead atoms. The van der Waals surface area contributed by atoms with Gasteiger partial charge in [-0.15, -0.1) is 0 Å². The van der Waals surface area contributed by atoms with Crippen molar-refractivity contribution in [2.24, 2.45) is 5.92 Å². The van der Waals surface area contributed by atoms with Gasteiger partial charge in [-0.1, -0.05) is 32.0 Å². The summed E-state index contributed by atoms with van der Waals surface area (Å²) in [7, 11) is 1.39. The minimum atomic E-state index is -4.44. The third kappa shape index (κ3) is 3.96. The van der Waals surface area contributed by atoms with Gasteiger partial charge < -0.3 is 14.4 Å². The van der Waals surface area contributed by atoms with Gasteiger partial charge >= 0.3 is 12.1 Å². The van der Waals surface area contributed by atoms with Gasteiger partial charge in [0, 0.05) is 24.3 Å². The number of ether oxygens (including phenoxy) is 2. The highest BCUT2D eigenvalue weighted by Crippen LogP contribution is 2.45. The molecule has 4 nitrogen and oxygen atoms in total. The van der Waals surface area contributed by atoms with Crippen LogP contribution in [0.3, 0.4) is 0 Å². The summed E-state index contributed by atoms with van der Waals surface area (Å²) < 4.78 is 50.9. The lowest BCUT2D eigenvalue weighted by molar-refractivity contribution is -0.146. The molecule has 170 valence electrons. The molecule has 0 aromatic heterocycles. The molecule has 1 fully saturated rings. The Hall–Kier alpha value is -2.96. The van der Waals surface area contributed by atoms with Crippen LogP contribution in [0.2, 0.25) is 0 Å². The zero-order valence-electron chi connectivity index (χ0n) is 18.3. The first kappa shape index (κ1) is 22.2. The molecule has 2 aliphatic heterocycles. The van der Waals surface area contributed by atoms with E-state index < -0.39 is 17.3 Å². The van der Waals surface area contributed by atoms with Crippen LogP contribution in [-0.2, 0) is 15.7 Å². The fraction of sp³-hybridized carbons (Fsp3) is 0.400. The Bertz CT molecular complexity index is 1050. The Balaban J connectivity index is 1.72. The highest BCUT2D eigenvalue weighted by molar-refractivity contribution is 5.86. The zero-order chi connectivity index (χ0) is 23.1. The average molecular weight is 445 g/mol. The number of fused-ring (bicyclic) bond motifs is 1. The molecule has 0 spiro atoms. The van der Waals surface area contributed by atoms with Crippen LogP contribution in [0.25, 0.3) is 5.57 Å². The molecule has 2 aliphatic rings. The number of alkyl halides is 3. The van der Waals surface area contributed by atoms with Crippen LogP contribution >= 0.6 is 0 Å². The Morgan fingerprint density at radius 1 is 1.16 bits per heavy atom. The Kier molecular flexibility index (Phi) is 5.69. The summed E-state index contributed by atoms with van der Waals surface area (Å²) in [5, 5.41) is 0. The Labute approximate surface area is 185 Å². The molecular formula is C25H26F3NO3.